The van der Waals surface area contributed by atoms with Gasteiger partial charge in [-0.15, -0.1) is 0 Å². The Morgan fingerprint density at radius 1 is 0.577 bits per heavy atom. The maximum Gasteiger partial charge on any atom is 0.00395 e. The maximum atomic E-state index is 12.5. The van der Waals surface area contributed by atoms with Crippen LogP contribution in [0, 0.1) is 22.3 Å². The molecule has 0 aromatic heterocycles. The normalized spacial score (nSPS) is 29.8. The molecule has 154 valence electrons. The lowest BCUT2D eigenvalue weighted by Crippen LogP contribution is -2.57. The molecule has 0 atom stereocenters. The Hall–Kier alpha value is -0.160. The van der Waals surface area contributed by atoms with Crippen molar-refractivity contribution in [3.63, 3.8) is 0 Å². The zero-order valence-electron chi connectivity index (χ0n) is 18.5. The Morgan fingerprint density at radius 3 is 1.04 bits per heavy atom. The minimum absolute atomic E-state index is 0.249. The monoisotopic (exact) mass is 366 g/mol. The molecular weight excluding hydrogens is 324 g/mol. The molecule has 2 fully saturated rings. The van der Waals surface area contributed by atoms with Crippen LogP contribution in [0.4, 0.5) is 0 Å². The Balaban J connectivity index is 1.80. The summed E-state index contributed by atoms with van der Waals surface area (Å²) in [4.78, 5) is 0. The molecular formula is C22H42N2O2-2. The van der Waals surface area contributed by atoms with Crippen LogP contribution in [-0.2, 0) is 0 Å². The molecule has 0 aromatic rings. The van der Waals surface area contributed by atoms with Gasteiger partial charge in [0.15, 0.2) is 0 Å². The van der Waals surface area contributed by atoms with E-state index in [4.69, 9.17) is 0 Å². The van der Waals surface area contributed by atoms with E-state index in [9.17, 15) is 10.4 Å². The number of piperidine rings is 2. The average molecular weight is 367 g/mol. The Labute approximate surface area is 161 Å². The van der Waals surface area contributed by atoms with Crippen LogP contribution in [0.5, 0.6) is 0 Å². The largest absolute Gasteiger partial charge is 0.784 e. The number of rotatable bonds is 5. The molecule has 0 amide bonds. The van der Waals surface area contributed by atoms with E-state index in [1.807, 2.05) is 0 Å². The number of hydrogen-bond acceptors (Lipinski definition) is 4. The van der Waals surface area contributed by atoms with Crippen LogP contribution in [0.3, 0.4) is 0 Å². The molecule has 0 radical (unpaired) electrons. The van der Waals surface area contributed by atoms with Crippen molar-refractivity contribution >= 4 is 0 Å². The van der Waals surface area contributed by atoms with E-state index in [2.05, 4.69) is 55.4 Å². The third kappa shape index (κ3) is 4.81. The summed E-state index contributed by atoms with van der Waals surface area (Å²) in [5.41, 5.74) is -0.994. The molecule has 0 unspecified atom stereocenters. The predicted octanol–water partition coefficient (Wildman–Crippen LogP) is 6.08. The first kappa shape index (κ1) is 22.1. The summed E-state index contributed by atoms with van der Waals surface area (Å²) in [5, 5.41) is 27.6. The third-order valence-corrected chi connectivity index (χ3v) is 6.83. The molecule has 26 heavy (non-hydrogen) atoms. The molecule has 0 aliphatic carbocycles. The number of hydroxylamine groups is 4. The smallest absolute Gasteiger partial charge is 0.00395 e. The minimum atomic E-state index is -0.249. The van der Waals surface area contributed by atoms with E-state index in [0.717, 1.165) is 25.7 Å². The summed E-state index contributed by atoms with van der Waals surface area (Å²) in [7, 11) is 0. The Kier molecular flexibility index (Phi) is 6.25. The summed E-state index contributed by atoms with van der Waals surface area (Å²) >= 11 is 0. The molecule has 4 heteroatoms. The van der Waals surface area contributed by atoms with Gasteiger partial charge in [0.05, 0.1) is 0 Å². The van der Waals surface area contributed by atoms with Crippen LogP contribution in [0.2, 0.25) is 0 Å². The maximum absolute atomic E-state index is 12.5. The molecule has 2 aliphatic heterocycles. The number of hydrogen-bond donors (Lipinski definition) is 0. The number of unbranched alkanes of at least 4 members (excludes halogenated alkanes) is 1. The molecule has 2 rings (SSSR count). The average Bonchev–Trinajstić information content (AvgIpc) is 2.45. The van der Waals surface area contributed by atoms with Gasteiger partial charge in [0.25, 0.3) is 0 Å². The molecule has 0 N–H and O–H groups in total. The second kappa shape index (κ2) is 7.35. The van der Waals surface area contributed by atoms with Crippen molar-refractivity contribution in [2.24, 2.45) is 11.8 Å². The molecule has 4 nitrogen and oxygen atoms in total. The SMILES string of the molecule is CC1(C)CC(CCCCC2CC(C)(C)N([O-])C(C)(C)C2)CC(C)(C)N1[O-]. The summed E-state index contributed by atoms with van der Waals surface area (Å²) in [5.74, 6) is 1.31. The van der Waals surface area contributed by atoms with Crippen molar-refractivity contribution in [3.05, 3.63) is 10.4 Å². The first-order chi connectivity index (χ1) is 11.7. The van der Waals surface area contributed by atoms with E-state index in [0.29, 0.717) is 11.8 Å². The highest BCUT2D eigenvalue weighted by Gasteiger charge is 2.41. The van der Waals surface area contributed by atoms with Gasteiger partial charge in [0.2, 0.25) is 0 Å². The number of nitrogens with zero attached hydrogens (tertiary/aromatic N) is 2. The van der Waals surface area contributed by atoms with E-state index in [-0.39, 0.29) is 22.2 Å². The fourth-order valence-electron chi connectivity index (χ4n) is 6.21. The standard InChI is InChI=1S/C22H42N2O2/c1-19(2)13-17(14-20(3,4)23(19)25)11-9-10-12-18-15-21(5,6)24(26)22(7,8)16-18/h17-18H,9-16H2,1-8H3/q-2. The van der Waals surface area contributed by atoms with Gasteiger partial charge in [-0.3, -0.25) is 0 Å². The highest BCUT2D eigenvalue weighted by molar-refractivity contribution is 5.01. The van der Waals surface area contributed by atoms with E-state index in [1.54, 1.807) is 0 Å². The van der Waals surface area contributed by atoms with Crippen molar-refractivity contribution in [3.8, 4) is 0 Å². The fraction of sp³-hybridized carbons (Fsp3) is 1.00. The van der Waals surface area contributed by atoms with Gasteiger partial charge in [0.1, 0.15) is 0 Å². The van der Waals surface area contributed by atoms with Crippen molar-refractivity contribution in [2.45, 2.75) is 129 Å². The zero-order valence-corrected chi connectivity index (χ0v) is 18.5. The van der Waals surface area contributed by atoms with Crippen LogP contribution >= 0.6 is 0 Å². The van der Waals surface area contributed by atoms with Crippen molar-refractivity contribution in [2.75, 3.05) is 0 Å². The zero-order chi connectivity index (χ0) is 20.0. The highest BCUT2D eigenvalue weighted by Crippen LogP contribution is 2.44. The van der Waals surface area contributed by atoms with Gasteiger partial charge in [-0.25, -0.2) is 0 Å². The summed E-state index contributed by atoms with van der Waals surface area (Å²) < 4.78 is 0. The van der Waals surface area contributed by atoms with Gasteiger partial charge < -0.3 is 20.5 Å². The molecule has 0 bridgehead atoms. The molecule has 2 heterocycles. The van der Waals surface area contributed by atoms with E-state index in [1.165, 1.54) is 35.8 Å². The quantitative estimate of drug-likeness (QED) is 0.553. The summed E-state index contributed by atoms with van der Waals surface area (Å²) in [6.45, 7) is 16.7. The molecule has 0 saturated carbocycles. The van der Waals surface area contributed by atoms with Crippen LogP contribution in [-0.4, -0.2) is 32.3 Å². The summed E-state index contributed by atoms with van der Waals surface area (Å²) in [6, 6.07) is 0. The van der Waals surface area contributed by atoms with Crippen LogP contribution in [0.1, 0.15) is 107 Å². The molecule has 0 spiro atoms. The molecule has 2 aliphatic rings. The lowest BCUT2D eigenvalue weighted by atomic mass is 9.72. The van der Waals surface area contributed by atoms with Crippen LogP contribution < -0.4 is 0 Å². The topological polar surface area (TPSA) is 52.6 Å². The van der Waals surface area contributed by atoms with E-state index < -0.39 is 0 Å². The molecule has 0 aromatic carbocycles. The van der Waals surface area contributed by atoms with Crippen LogP contribution in [0.15, 0.2) is 0 Å². The van der Waals surface area contributed by atoms with Crippen molar-refractivity contribution < 1.29 is 0 Å². The lowest BCUT2D eigenvalue weighted by Gasteiger charge is -2.60. The Bertz CT molecular complexity index is 405. The van der Waals surface area contributed by atoms with Crippen LogP contribution in [0.25, 0.3) is 0 Å². The highest BCUT2D eigenvalue weighted by atomic mass is 16.5. The Morgan fingerprint density at radius 2 is 0.808 bits per heavy atom. The van der Waals surface area contributed by atoms with Gasteiger partial charge in [-0.2, -0.15) is 0 Å². The lowest BCUT2D eigenvalue weighted by molar-refractivity contribution is -0.0174. The second-order valence-electron chi connectivity index (χ2n) is 11.7. The van der Waals surface area contributed by atoms with Gasteiger partial charge in [-0.1, -0.05) is 25.7 Å². The first-order valence-corrected chi connectivity index (χ1v) is 10.6. The van der Waals surface area contributed by atoms with Crippen molar-refractivity contribution in [1.29, 1.82) is 0 Å². The first-order valence-electron chi connectivity index (χ1n) is 10.6. The second-order valence-corrected chi connectivity index (χ2v) is 11.7. The van der Waals surface area contributed by atoms with Gasteiger partial charge in [-0.05, 0) is 92.9 Å². The van der Waals surface area contributed by atoms with Gasteiger partial charge >= 0.3 is 0 Å². The fourth-order valence-corrected chi connectivity index (χ4v) is 6.21. The minimum Gasteiger partial charge on any atom is -0.784 e. The van der Waals surface area contributed by atoms with Gasteiger partial charge in [0, 0.05) is 22.2 Å². The van der Waals surface area contributed by atoms with E-state index >= 15 is 0 Å². The molecule has 2 saturated heterocycles. The van der Waals surface area contributed by atoms with Crippen molar-refractivity contribution in [1.82, 2.24) is 10.1 Å². The third-order valence-electron chi connectivity index (χ3n) is 6.83. The summed E-state index contributed by atoms with van der Waals surface area (Å²) in [6.07, 6.45) is 8.98. The predicted molar refractivity (Wildman–Crippen MR) is 111 cm³/mol.